The van der Waals surface area contributed by atoms with E-state index in [1.807, 2.05) is 12.3 Å². The molecule has 3 rings (SSSR count). The van der Waals surface area contributed by atoms with E-state index >= 15 is 0 Å². The van der Waals surface area contributed by atoms with Gasteiger partial charge in [-0.1, -0.05) is 17.2 Å². The number of amides is 2. The first-order chi connectivity index (χ1) is 10.1. The topological polar surface area (TPSA) is 76.6 Å². The molecule has 0 saturated carbocycles. The zero-order chi connectivity index (χ0) is 15.0. The fourth-order valence-corrected chi connectivity index (χ4v) is 2.75. The lowest BCUT2D eigenvalue weighted by molar-refractivity contribution is -0.167. The largest absolute Gasteiger partial charge is 0.340 e. The Balaban J connectivity index is 1.73. The average Bonchev–Trinajstić information content (AvgIpc) is 2.97. The molecule has 2 amide bonds. The number of fused-ring (bicyclic) bond motifs is 1. The summed E-state index contributed by atoms with van der Waals surface area (Å²) in [6.07, 6.45) is -0.0775. The summed E-state index contributed by atoms with van der Waals surface area (Å²) >= 11 is 1.32. The van der Waals surface area contributed by atoms with Crippen LogP contribution in [-0.4, -0.2) is 27.8 Å². The van der Waals surface area contributed by atoms with Crippen molar-refractivity contribution >= 4 is 29.1 Å². The monoisotopic (exact) mass is 302 g/mol. The van der Waals surface area contributed by atoms with Crippen LogP contribution in [0.25, 0.3) is 0 Å². The van der Waals surface area contributed by atoms with Gasteiger partial charge in [-0.05, 0) is 19.1 Å². The number of aryl methyl sites for hydroxylation is 1. The van der Waals surface area contributed by atoms with E-state index in [0.717, 1.165) is 5.69 Å². The molecule has 1 aromatic heterocycles. The summed E-state index contributed by atoms with van der Waals surface area (Å²) in [6.45, 7) is 1.81. The van der Waals surface area contributed by atoms with E-state index in [9.17, 15) is 14.4 Å². The molecular weight excluding hydrogens is 292 g/mol. The van der Waals surface area contributed by atoms with E-state index in [1.165, 1.54) is 23.5 Å². The number of hydrogen-bond donors (Lipinski definition) is 0. The van der Waals surface area contributed by atoms with Crippen molar-refractivity contribution in [2.45, 2.75) is 13.3 Å². The average molecular weight is 302 g/mol. The standard InChI is InChI=1S/C14H10N2O4S/c1-8-7-21-11(15-8)6-12(17)20-16-13(18)9-4-2-3-5-10(9)14(16)19/h2-5,7H,6H2,1H3. The first-order valence-corrected chi connectivity index (χ1v) is 7.04. The minimum absolute atomic E-state index is 0.0775. The van der Waals surface area contributed by atoms with Crippen LogP contribution < -0.4 is 0 Å². The van der Waals surface area contributed by atoms with Crippen molar-refractivity contribution in [3.63, 3.8) is 0 Å². The number of carbonyl (C=O) groups is 3. The number of nitrogens with zero attached hydrogens (tertiary/aromatic N) is 2. The molecule has 106 valence electrons. The van der Waals surface area contributed by atoms with Crippen LogP contribution in [0, 0.1) is 6.92 Å². The number of rotatable bonds is 3. The third-order valence-electron chi connectivity index (χ3n) is 2.91. The van der Waals surface area contributed by atoms with Crippen molar-refractivity contribution in [1.82, 2.24) is 10.0 Å². The summed E-state index contributed by atoms with van der Waals surface area (Å²) in [4.78, 5) is 44.9. The summed E-state index contributed by atoms with van der Waals surface area (Å²) in [6, 6.07) is 6.34. The van der Waals surface area contributed by atoms with Gasteiger partial charge >= 0.3 is 5.97 Å². The molecule has 0 N–H and O–H groups in total. The Kier molecular flexibility index (Phi) is 3.26. The van der Waals surface area contributed by atoms with E-state index in [0.29, 0.717) is 10.1 Å². The van der Waals surface area contributed by atoms with E-state index < -0.39 is 17.8 Å². The van der Waals surface area contributed by atoms with Gasteiger partial charge in [-0.3, -0.25) is 9.59 Å². The Morgan fingerprint density at radius 1 is 1.24 bits per heavy atom. The smallest absolute Gasteiger partial charge is 0.329 e. The zero-order valence-electron chi connectivity index (χ0n) is 11.0. The Bertz CT molecular complexity index is 718. The quantitative estimate of drug-likeness (QED) is 0.807. The van der Waals surface area contributed by atoms with Crippen LogP contribution in [0.5, 0.6) is 0 Å². The minimum atomic E-state index is -0.696. The SMILES string of the molecule is Cc1csc(CC(=O)ON2C(=O)c3ccccc3C2=O)n1. The second-order valence-electron chi connectivity index (χ2n) is 4.47. The summed E-state index contributed by atoms with van der Waals surface area (Å²) in [7, 11) is 0. The van der Waals surface area contributed by atoms with Gasteiger partial charge in [-0.25, -0.2) is 9.78 Å². The van der Waals surface area contributed by atoms with E-state index in [2.05, 4.69) is 4.98 Å². The summed E-state index contributed by atoms with van der Waals surface area (Å²) in [5, 5.41) is 2.90. The molecular formula is C14H10N2O4S. The fraction of sp³-hybridized carbons (Fsp3) is 0.143. The normalized spacial score (nSPS) is 13.5. The highest BCUT2D eigenvalue weighted by Gasteiger charge is 2.38. The molecule has 1 aromatic carbocycles. The van der Waals surface area contributed by atoms with E-state index in [4.69, 9.17) is 4.84 Å². The van der Waals surface area contributed by atoms with Crippen LogP contribution in [0.4, 0.5) is 0 Å². The molecule has 0 saturated heterocycles. The van der Waals surface area contributed by atoms with Crippen LogP contribution in [0.3, 0.4) is 0 Å². The third-order valence-corrected chi connectivity index (χ3v) is 3.88. The lowest BCUT2D eigenvalue weighted by atomic mass is 10.1. The molecule has 0 unspecified atom stereocenters. The molecule has 0 fully saturated rings. The maximum atomic E-state index is 12.0. The predicted octanol–water partition coefficient (Wildman–Crippen LogP) is 1.75. The molecule has 21 heavy (non-hydrogen) atoms. The Labute approximate surface area is 123 Å². The van der Waals surface area contributed by atoms with Gasteiger partial charge in [0.1, 0.15) is 11.4 Å². The second-order valence-corrected chi connectivity index (χ2v) is 5.42. The van der Waals surface area contributed by atoms with Crippen LogP contribution in [0.2, 0.25) is 0 Å². The van der Waals surface area contributed by atoms with Crippen LogP contribution >= 0.6 is 11.3 Å². The van der Waals surface area contributed by atoms with Gasteiger partial charge < -0.3 is 4.84 Å². The van der Waals surface area contributed by atoms with E-state index in [1.54, 1.807) is 12.1 Å². The second kappa shape index (κ2) is 5.10. The molecule has 1 aliphatic heterocycles. The van der Waals surface area contributed by atoms with Crippen LogP contribution in [0.15, 0.2) is 29.6 Å². The van der Waals surface area contributed by atoms with Crippen molar-refractivity contribution in [3.8, 4) is 0 Å². The lowest BCUT2D eigenvalue weighted by Gasteiger charge is -2.11. The van der Waals surface area contributed by atoms with Gasteiger partial charge in [0.05, 0.1) is 11.1 Å². The highest BCUT2D eigenvalue weighted by atomic mass is 32.1. The lowest BCUT2D eigenvalue weighted by Crippen LogP contribution is -2.33. The molecule has 2 aromatic rings. The van der Waals surface area contributed by atoms with Gasteiger partial charge in [-0.15, -0.1) is 11.3 Å². The molecule has 7 heteroatoms. The van der Waals surface area contributed by atoms with Crippen molar-refractivity contribution in [2.75, 3.05) is 0 Å². The Hall–Kier alpha value is -2.54. The van der Waals surface area contributed by atoms with Crippen LogP contribution in [-0.2, 0) is 16.1 Å². The van der Waals surface area contributed by atoms with Gasteiger partial charge in [0, 0.05) is 11.1 Å². The van der Waals surface area contributed by atoms with Gasteiger partial charge in [0.15, 0.2) is 0 Å². The first-order valence-electron chi connectivity index (χ1n) is 6.16. The number of carbonyl (C=O) groups excluding carboxylic acids is 3. The predicted molar refractivity (Wildman–Crippen MR) is 73.6 cm³/mol. The molecule has 0 spiro atoms. The van der Waals surface area contributed by atoms with Gasteiger partial charge in [0.2, 0.25) is 0 Å². The summed E-state index contributed by atoms with van der Waals surface area (Å²) in [5.41, 5.74) is 1.28. The van der Waals surface area contributed by atoms with Gasteiger partial charge in [-0.2, -0.15) is 0 Å². The van der Waals surface area contributed by atoms with Crippen molar-refractivity contribution in [2.24, 2.45) is 0 Å². The Morgan fingerprint density at radius 2 is 1.86 bits per heavy atom. The highest BCUT2D eigenvalue weighted by Crippen LogP contribution is 2.23. The maximum Gasteiger partial charge on any atom is 0.340 e. The van der Waals surface area contributed by atoms with Crippen molar-refractivity contribution in [3.05, 3.63) is 51.5 Å². The number of benzene rings is 1. The molecule has 0 aliphatic carbocycles. The highest BCUT2D eigenvalue weighted by molar-refractivity contribution is 7.09. The molecule has 0 atom stereocenters. The number of imide groups is 1. The van der Waals surface area contributed by atoms with Crippen molar-refractivity contribution < 1.29 is 19.2 Å². The zero-order valence-corrected chi connectivity index (χ0v) is 11.8. The molecule has 0 bridgehead atoms. The van der Waals surface area contributed by atoms with Crippen LogP contribution in [0.1, 0.15) is 31.4 Å². The van der Waals surface area contributed by atoms with E-state index in [-0.39, 0.29) is 17.5 Å². The molecule has 1 aliphatic rings. The summed E-state index contributed by atoms with van der Waals surface area (Å²) in [5.74, 6) is -1.95. The van der Waals surface area contributed by atoms with Gasteiger partial charge in [0.25, 0.3) is 11.8 Å². The number of thiazole rings is 1. The minimum Gasteiger partial charge on any atom is -0.329 e. The molecule has 6 nitrogen and oxygen atoms in total. The summed E-state index contributed by atoms with van der Waals surface area (Å²) < 4.78 is 0. The maximum absolute atomic E-state index is 12.0. The number of hydrogen-bond acceptors (Lipinski definition) is 6. The van der Waals surface area contributed by atoms with Crippen molar-refractivity contribution in [1.29, 1.82) is 0 Å². The number of hydroxylamine groups is 2. The third kappa shape index (κ3) is 2.43. The molecule has 0 radical (unpaired) electrons. The fourth-order valence-electron chi connectivity index (χ4n) is 1.99. The molecule has 2 heterocycles. The number of aromatic nitrogens is 1. The first kappa shape index (κ1) is 13.4. The Morgan fingerprint density at radius 3 is 2.38 bits per heavy atom.